The van der Waals surface area contributed by atoms with Gasteiger partial charge < -0.3 is 0 Å². The minimum absolute atomic E-state index is 0.717. The highest BCUT2D eigenvalue weighted by Gasteiger charge is 2.03. The minimum atomic E-state index is 0.717. The first-order valence-corrected chi connectivity index (χ1v) is 5.33. The highest BCUT2D eigenvalue weighted by molar-refractivity contribution is 5.65. The van der Waals surface area contributed by atoms with Crippen LogP contribution in [0.2, 0.25) is 0 Å². The molecule has 0 aliphatic heterocycles. The van der Waals surface area contributed by atoms with E-state index in [1.54, 1.807) is 0 Å². The number of aryl methyl sites for hydroxylation is 2. The topological polar surface area (TPSA) is 17.8 Å². The monoisotopic (exact) mass is 210 g/mol. The van der Waals surface area contributed by atoms with Crippen molar-refractivity contribution in [1.82, 2.24) is 9.78 Å². The molecule has 2 aromatic rings. The Labute approximate surface area is 95.9 Å². The van der Waals surface area contributed by atoms with E-state index in [1.165, 1.54) is 11.1 Å². The van der Waals surface area contributed by atoms with Crippen LogP contribution in [0, 0.1) is 19.3 Å². The predicted octanol–water partition coefficient (Wildman–Crippen LogP) is 2.88. The summed E-state index contributed by atoms with van der Waals surface area (Å²) < 4.78 is 1.89. The molecule has 1 aromatic heterocycles. The molecule has 2 rings (SSSR count). The molecule has 0 unspecified atom stereocenters. The van der Waals surface area contributed by atoms with Crippen LogP contribution < -0.4 is 0 Å². The van der Waals surface area contributed by atoms with Crippen molar-refractivity contribution in [3.8, 4) is 23.5 Å². The average molecular weight is 210 g/mol. The van der Waals surface area contributed by atoms with E-state index in [2.05, 4.69) is 30.1 Å². The summed E-state index contributed by atoms with van der Waals surface area (Å²) in [7, 11) is 0. The third-order valence-electron chi connectivity index (χ3n) is 2.57. The van der Waals surface area contributed by atoms with Gasteiger partial charge in [0, 0.05) is 18.2 Å². The Balaban J connectivity index is 2.26. The van der Waals surface area contributed by atoms with Crippen molar-refractivity contribution in [2.24, 2.45) is 0 Å². The summed E-state index contributed by atoms with van der Waals surface area (Å²) in [5, 5.41) is 4.29. The lowest BCUT2D eigenvalue weighted by molar-refractivity contribution is 0.630. The quantitative estimate of drug-likeness (QED) is 0.712. The molecule has 0 saturated heterocycles. The molecular formula is C14H14N2. The predicted molar refractivity (Wildman–Crippen MR) is 65.9 cm³/mol. The first kappa shape index (κ1) is 10.5. The number of rotatable bonds is 3. The summed E-state index contributed by atoms with van der Waals surface area (Å²) in [6, 6.07) is 8.30. The molecule has 1 aromatic carbocycles. The molecule has 0 N–H and O–H groups in total. The first-order chi connectivity index (χ1) is 7.81. The molecule has 0 amide bonds. The second-order valence-electron chi connectivity index (χ2n) is 3.76. The lowest BCUT2D eigenvalue weighted by atomic mass is 10.0. The summed E-state index contributed by atoms with van der Waals surface area (Å²) in [6.07, 6.45) is 9.87. The van der Waals surface area contributed by atoms with Gasteiger partial charge in [-0.25, -0.2) is 0 Å². The van der Waals surface area contributed by atoms with E-state index >= 15 is 0 Å². The van der Waals surface area contributed by atoms with Crippen molar-refractivity contribution in [2.45, 2.75) is 19.9 Å². The maximum Gasteiger partial charge on any atom is 0.0568 e. The van der Waals surface area contributed by atoms with Gasteiger partial charge in [0.2, 0.25) is 0 Å². The van der Waals surface area contributed by atoms with Crippen LogP contribution >= 0.6 is 0 Å². The summed E-state index contributed by atoms with van der Waals surface area (Å²) in [4.78, 5) is 0. The number of aromatic nitrogens is 2. The Morgan fingerprint density at radius 2 is 2.19 bits per heavy atom. The first-order valence-electron chi connectivity index (χ1n) is 5.33. The standard InChI is InChI=1S/C14H14N2/c1-3-4-9-16-11-13(10-15-16)14-8-6-5-7-12(14)2/h1,5-8,10-11H,4,9H2,2H3. The van der Waals surface area contributed by atoms with E-state index in [9.17, 15) is 0 Å². The van der Waals surface area contributed by atoms with Crippen LogP contribution in [0.3, 0.4) is 0 Å². The molecule has 1 heterocycles. The zero-order valence-corrected chi connectivity index (χ0v) is 9.35. The van der Waals surface area contributed by atoms with Crippen molar-refractivity contribution in [1.29, 1.82) is 0 Å². The second kappa shape index (κ2) is 4.67. The molecular weight excluding hydrogens is 196 g/mol. The van der Waals surface area contributed by atoms with Gasteiger partial charge in [0.05, 0.1) is 12.7 Å². The van der Waals surface area contributed by atoms with Crippen molar-refractivity contribution in [2.75, 3.05) is 0 Å². The molecule has 0 spiro atoms. The Kier molecular flexibility index (Phi) is 3.07. The van der Waals surface area contributed by atoms with Gasteiger partial charge in [-0.2, -0.15) is 5.10 Å². The number of terminal acetylenes is 1. The Bertz CT molecular complexity index is 518. The fourth-order valence-electron chi connectivity index (χ4n) is 1.70. The van der Waals surface area contributed by atoms with Gasteiger partial charge in [0.15, 0.2) is 0 Å². The van der Waals surface area contributed by atoms with E-state index in [0.29, 0.717) is 0 Å². The zero-order valence-electron chi connectivity index (χ0n) is 9.35. The van der Waals surface area contributed by atoms with E-state index in [4.69, 9.17) is 6.42 Å². The van der Waals surface area contributed by atoms with Crippen LogP contribution in [0.5, 0.6) is 0 Å². The van der Waals surface area contributed by atoms with Gasteiger partial charge in [0.25, 0.3) is 0 Å². The normalized spacial score (nSPS) is 10.0. The van der Waals surface area contributed by atoms with Crippen LogP contribution in [0.4, 0.5) is 0 Å². The minimum Gasteiger partial charge on any atom is -0.271 e. The number of hydrogen-bond acceptors (Lipinski definition) is 1. The van der Waals surface area contributed by atoms with Crippen LogP contribution in [0.25, 0.3) is 11.1 Å². The maximum atomic E-state index is 5.23. The fourth-order valence-corrected chi connectivity index (χ4v) is 1.70. The van der Waals surface area contributed by atoms with Crippen molar-refractivity contribution in [3.05, 3.63) is 42.2 Å². The molecule has 0 aliphatic rings. The van der Waals surface area contributed by atoms with Crippen LogP contribution in [-0.4, -0.2) is 9.78 Å². The largest absolute Gasteiger partial charge is 0.271 e. The van der Waals surface area contributed by atoms with Crippen LogP contribution in [-0.2, 0) is 6.54 Å². The number of hydrogen-bond donors (Lipinski definition) is 0. The highest BCUT2D eigenvalue weighted by Crippen LogP contribution is 2.22. The highest BCUT2D eigenvalue weighted by atomic mass is 15.3. The molecule has 0 fully saturated rings. The summed E-state index contributed by atoms with van der Waals surface area (Å²) >= 11 is 0. The van der Waals surface area contributed by atoms with Crippen molar-refractivity contribution < 1.29 is 0 Å². The summed E-state index contributed by atoms with van der Waals surface area (Å²) in [6.45, 7) is 2.89. The zero-order chi connectivity index (χ0) is 11.4. The van der Waals surface area contributed by atoms with Gasteiger partial charge in [0.1, 0.15) is 0 Å². The van der Waals surface area contributed by atoms with Gasteiger partial charge in [-0.15, -0.1) is 12.3 Å². The molecule has 2 heteroatoms. The Morgan fingerprint density at radius 3 is 2.94 bits per heavy atom. The molecule has 0 bridgehead atoms. The summed E-state index contributed by atoms with van der Waals surface area (Å²) in [5.74, 6) is 2.62. The van der Waals surface area contributed by atoms with Gasteiger partial charge >= 0.3 is 0 Å². The number of nitrogens with zero attached hydrogens (tertiary/aromatic N) is 2. The third-order valence-corrected chi connectivity index (χ3v) is 2.57. The van der Waals surface area contributed by atoms with Crippen LogP contribution in [0.15, 0.2) is 36.7 Å². The molecule has 0 aliphatic carbocycles. The molecule has 0 radical (unpaired) electrons. The summed E-state index contributed by atoms with van der Waals surface area (Å²) in [5.41, 5.74) is 3.64. The molecule has 0 atom stereocenters. The molecule has 80 valence electrons. The van der Waals surface area contributed by atoms with Gasteiger partial charge in [-0.1, -0.05) is 24.3 Å². The van der Waals surface area contributed by atoms with Crippen molar-refractivity contribution in [3.63, 3.8) is 0 Å². The Morgan fingerprint density at radius 1 is 1.38 bits per heavy atom. The molecule has 16 heavy (non-hydrogen) atoms. The SMILES string of the molecule is C#CCCn1cc(-c2ccccc2C)cn1. The maximum absolute atomic E-state index is 5.23. The fraction of sp³-hybridized carbons (Fsp3) is 0.214. The average Bonchev–Trinajstić information content (AvgIpc) is 2.75. The lowest BCUT2D eigenvalue weighted by Gasteiger charge is -2.01. The van der Waals surface area contributed by atoms with Crippen molar-refractivity contribution >= 4 is 0 Å². The smallest absolute Gasteiger partial charge is 0.0568 e. The van der Waals surface area contributed by atoms with Gasteiger partial charge in [-0.05, 0) is 18.1 Å². The second-order valence-corrected chi connectivity index (χ2v) is 3.76. The number of benzene rings is 1. The Hall–Kier alpha value is -2.01. The van der Waals surface area contributed by atoms with E-state index in [0.717, 1.165) is 18.5 Å². The third kappa shape index (κ3) is 2.14. The van der Waals surface area contributed by atoms with E-state index < -0.39 is 0 Å². The molecule has 0 saturated carbocycles. The van der Waals surface area contributed by atoms with E-state index in [-0.39, 0.29) is 0 Å². The van der Waals surface area contributed by atoms with Gasteiger partial charge in [-0.3, -0.25) is 4.68 Å². The van der Waals surface area contributed by atoms with Crippen LogP contribution in [0.1, 0.15) is 12.0 Å². The van der Waals surface area contributed by atoms with E-state index in [1.807, 2.05) is 29.2 Å². The lowest BCUT2D eigenvalue weighted by Crippen LogP contribution is -1.96. The molecule has 2 nitrogen and oxygen atoms in total.